The normalized spacial score (nSPS) is 19.6. The third-order valence-corrected chi connectivity index (χ3v) is 4.06. The number of hydrogen-bond donors (Lipinski definition) is 1. The van der Waals surface area contributed by atoms with Gasteiger partial charge in [-0.15, -0.1) is 0 Å². The second-order valence-corrected chi connectivity index (χ2v) is 6.35. The third kappa shape index (κ3) is 3.05. The standard InChI is InChI=1S/C19H23NO3/c1-19(2)12-23-18(20-19)16-14(13-8-6-5-7-9-13)10-11-15(21-3)17(16)22-4/h5-11,18,20H,12H2,1-4H3. The Kier molecular flexibility index (Phi) is 4.28. The predicted molar refractivity (Wildman–Crippen MR) is 90.9 cm³/mol. The molecule has 1 N–H and O–H groups in total. The van der Waals surface area contributed by atoms with Crippen LogP contribution in [0.5, 0.6) is 11.5 Å². The molecular formula is C19H23NO3. The van der Waals surface area contributed by atoms with Gasteiger partial charge in [-0.2, -0.15) is 0 Å². The monoisotopic (exact) mass is 313 g/mol. The van der Waals surface area contributed by atoms with E-state index in [-0.39, 0.29) is 11.8 Å². The summed E-state index contributed by atoms with van der Waals surface area (Å²) >= 11 is 0. The molecule has 0 bridgehead atoms. The Morgan fingerprint density at radius 2 is 1.78 bits per heavy atom. The lowest BCUT2D eigenvalue weighted by atomic mass is 9.96. The summed E-state index contributed by atoms with van der Waals surface area (Å²) in [6.45, 7) is 4.90. The lowest BCUT2D eigenvalue weighted by Gasteiger charge is -2.23. The predicted octanol–water partition coefficient (Wildman–Crippen LogP) is 3.77. The molecule has 4 nitrogen and oxygen atoms in total. The van der Waals surface area contributed by atoms with E-state index in [1.807, 2.05) is 24.3 Å². The zero-order chi connectivity index (χ0) is 16.4. The summed E-state index contributed by atoms with van der Waals surface area (Å²) in [4.78, 5) is 0. The molecule has 1 unspecified atom stereocenters. The van der Waals surface area contributed by atoms with Gasteiger partial charge < -0.3 is 14.2 Å². The van der Waals surface area contributed by atoms with E-state index >= 15 is 0 Å². The van der Waals surface area contributed by atoms with Crippen LogP contribution in [-0.4, -0.2) is 26.4 Å². The molecule has 0 amide bonds. The first-order chi connectivity index (χ1) is 11.1. The molecule has 1 aliphatic rings. The topological polar surface area (TPSA) is 39.7 Å². The Balaban J connectivity index is 2.17. The summed E-state index contributed by atoms with van der Waals surface area (Å²) in [6, 6.07) is 14.2. The first-order valence-corrected chi connectivity index (χ1v) is 7.75. The lowest BCUT2D eigenvalue weighted by molar-refractivity contribution is 0.0967. The number of methoxy groups -OCH3 is 2. The van der Waals surface area contributed by atoms with Crippen LogP contribution in [0.25, 0.3) is 11.1 Å². The molecule has 1 heterocycles. The molecule has 1 saturated heterocycles. The highest BCUT2D eigenvalue weighted by Crippen LogP contribution is 2.44. The van der Waals surface area contributed by atoms with Crippen LogP contribution in [0.2, 0.25) is 0 Å². The first kappa shape index (κ1) is 15.8. The average molecular weight is 313 g/mol. The summed E-state index contributed by atoms with van der Waals surface area (Å²) in [5.74, 6) is 1.42. The molecule has 1 atom stereocenters. The number of benzene rings is 2. The van der Waals surface area contributed by atoms with Crippen LogP contribution in [-0.2, 0) is 4.74 Å². The van der Waals surface area contributed by atoms with Crippen LogP contribution in [0.1, 0.15) is 25.6 Å². The van der Waals surface area contributed by atoms with Crippen molar-refractivity contribution >= 4 is 0 Å². The number of rotatable bonds is 4. The van der Waals surface area contributed by atoms with Crippen molar-refractivity contribution in [2.75, 3.05) is 20.8 Å². The number of ether oxygens (including phenoxy) is 3. The van der Waals surface area contributed by atoms with Gasteiger partial charge in [0.25, 0.3) is 0 Å². The molecule has 1 fully saturated rings. The third-order valence-electron chi connectivity index (χ3n) is 4.06. The number of nitrogens with one attached hydrogen (secondary N) is 1. The van der Waals surface area contributed by atoms with E-state index < -0.39 is 0 Å². The molecule has 3 rings (SSSR count). The second kappa shape index (κ2) is 6.22. The minimum absolute atomic E-state index is 0.0767. The Morgan fingerprint density at radius 1 is 1.04 bits per heavy atom. The lowest BCUT2D eigenvalue weighted by Crippen LogP contribution is -2.36. The van der Waals surface area contributed by atoms with Crippen molar-refractivity contribution in [3.05, 3.63) is 48.0 Å². The molecule has 0 aliphatic carbocycles. The fourth-order valence-electron chi connectivity index (χ4n) is 2.97. The van der Waals surface area contributed by atoms with Crippen molar-refractivity contribution in [1.29, 1.82) is 0 Å². The van der Waals surface area contributed by atoms with E-state index in [2.05, 4.69) is 37.4 Å². The highest BCUT2D eigenvalue weighted by Gasteiger charge is 2.35. The quantitative estimate of drug-likeness (QED) is 0.933. The van der Waals surface area contributed by atoms with E-state index in [4.69, 9.17) is 14.2 Å². The maximum atomic E-state index is 6.01. The first-order valence-electron chi connectivity index (χ1n) is 7.75. The fraction of sp³-hybridized carbons (Fsp3) is 0.368. The SMILES string of the molecule is COc1ccc(-c2ccccc2)c(C2NC(C)(C)CO2)c1OC. The van der Waals surface area contributed by atoms with Crippen molar-refractivity contribution in [3.63, 3.8) is 0 Å². The molecule has 0 aromatic heterocycles. The largest absolute Gasteiger partial charge is 0.493 e. The van der Waals surface area contributed by atoms with Crippen molar-refractivity contribution in [2.45, 2.75) is 25.6 Å². The van der Waals surface area contributed by atoms with Gasteiger partial charge in [-0.1, -0.05) is 30.3 Å². The highest BCUT2D eigenvalue weighted by atomic mass is 16.5. The van der Waals surface area contributed by atoms with Crippen LogP contribution >= 0.6 is 0 Å². The molecule has 4 heteroatoms. The van der Waals surface area contributed by atoms with Gasteiger partial charge >= 0.3 is 0 Å². The summed E-state index contributed by atoms with van der Waals surface area (Å²) in [5, 5.41) is 3.52. The summed E-state index contributed by atoms with van der Waals surface area (Å²) in [5.41, 5.74) is 3.10. The Labute approximate surface area is 137 Å². The van der Waals surface area contributed by atoms with Crippen molar-refractivity contribution in [1.82, 2.24) is 5.32 Å². The number of hydrogen-bond acceptors (Lipinski definition) is 4. The van der Waals surface area contributed by atoms with Crippen LogP contribution < -0.4 is 14.8 Å². The smallest absolute Gasteiger partial charge is 0.168 e. The van der Waals surface area contributed by atoms with E-state index in [1.54, 1.807) is 14.2 Å². The molecular weight excluding hydrogens is 290 g/mol. The van der Waals surface area contributed by atoms with Crippen molar-refractivity contribution in [3.8, 4) is 22.6 Å². The van der Waals surface area contributed by atoms with Gasteiger partial charge in [0.1, 0.15) is 6.23 Å². The molecule has 0 radical (unpaired) electrons. The molecule has 122 valence electrons. The van der Waals surface area contributed by atoms with Crippen LogP contribution in [0.15, 0.2) is 42.5 Å². The summed E-state index contributed by atoms with van der Waals surface area (Å²) < 4.78 is 17.1. The van der Waals surface area contributed by atoms with Gasteiger partial charge in [0.2, 0.25) is 0 Å². The van der Waals surface area contributed by atoms with Gasteiger partial charge in [-0.05, 0) is 37.1 Å². The molecule has 2 aromatic rings. The molecule has 23 heavy (non-hydrogen) atoms. The van der Waals surface area contributed by atoms with Gasteiger partial charge in [0, 0.05) is 11.1 Å². The molecule has 0 saturated carbocycles. The maximum Gasteiger partial charge on any atom is 0.168 e. The van der Waals surface area contributed by atoms with E-state index in [9.17, 15) is 0 Å². The van der Waals surface area contributed by atoms with Gasteiger partial charge in [-0.3, -0.25) is 5.32 Å². The zero-order valence-electron chi connectivity index (χ0n) is 14.1. The summed E-state index contributed by atoms with van der Waals surface area (Å²) in [6.07, 6.45) is -0.231. The second-order valence-electron chi connectivity index (χ2n) is 6.35. The minimum atomic E-state index is -0.231. The Hall–Kier alpha value is -2.04. The average Bonchev–Trinajstić information content (AvgIpc) is 2.93. The zero-order valence-corrected chi connectivity index (χ0v) is 14.1. The van der Waals surface area contributed by atoms with Gasteiger partial charge in [0.15, 0.2) is 11.5 Å². The van der Waals surface area contributed by atoms with E-state index in [0.29, 0.717) is 18.1 Å². The Bertz CT molecular complexity index is 683. The fourth-order valence-corrected chi connectivity index (χ4v) is 2.97. The van der Waals surface area contributed by atoms with Gasteiger partial charge in [-0.25, -0.2) is 0 Å². The molecule has 2 aromatic carbocycles. The van der Waals surface area contributed by atoms with Crippen LogP contribution in [0.4, 0.5) is 0 Å². The highest BCUT2D eigenvalue weighted by molar-refractivity contribution is 5.73. The van der Waals surface area contributed by atoms with Crippen molar-refractivity contribution in [2.24, 2.45) is 0 Å². The Morgan fingerprint density at radius 3 is 2.35 bits per heavy atom. The summed E-state index contributed by atoms with van der Waals surface area (Å²) in [7, 11) is 3.31. The van der Waals surface area contributed by atoms with Crippen molar-refractivity contribution < 1.29 is 14.2 Å². The maximum absolute atomic E-state index is 6.01. The molecule has 1 aliphatic heterocycles. The van der Waals surface area contributed by atoms with Gasteiger partial charge in [0.05, 0.1) is 20.8 Å². The molecule has 0 spiro atoms. The van der Waals surface area contributed by atoms with Crippen LogP contribution in [0.3, 0.4) is 0 Å². The van der Waals surface area contributed by atoms with E-state index in [1.165, 1.54) is 0 Å². The van der Waals surface area contributed by atoms with E-state index in [0.717, 1.165) is 16.7 Å². The van der Waals surface area contributed by atoms with Crippen LogP contribution in [0, 0.1) is 0 Å². The minimum Gasteiger partial charge on any atom is -0.493 e.